The standard InChI is InChI=1S/C19H25N5O3.C11H10FN3O3.C8H16N2.CH2O3.2K.H/c1-21-12-19(13-21)4-6-23(7-5-19)16-9-18(27-3)17(24(25)26)8-15(16)14-10-20-22(2)11-14;1-14-6-7(5-13-14)8-3-10(15(16)17)11(18-2)4-9(8)12;1-10-6-8(7-10)2-4-9-5-3-8;2-1-4-3;;;/h8-11H,4-7,12-13H2,1-3H3;3-6H,1-2H3;9H,2-7H2,1H3;1,3H;;;/q;;;;2*+1;-1/p-1. The van der Waals surface area contributed by atoms with Crippen molar-refractivity contribution in [3.63, 3.8) is 0 Å². The van der Waals surface area contributed by atoms with Gasteiger partial charge in [0.25, 0.3) is 6.47 Å². The third kappa shape index (κ3) is 13.5. The van der Waals surface area contributed by atoms with Gasteiger partial charge in [-0.15, -0.1) is 0 Å². The van der Waals surface area contributed by atoms with E-state index < -0.39 is 15.7 Å². The monoisotopic (exact) mass is 902 g/mol. The number of carbonyl (C=O) groups is 1. The molecule has 4 aromatic rings. The summed E-state index contributed by atoms with van der Waals surface area (Å²) in [6, 6.07) is 5.57. The van der Waals surface area contributed by atoms with E-state index >= 15 is 0 Å². The number of carbonyl (C=O) groups excluding carboxylic acids is 1. The van der Waals surface area contributed by atoms with Gasteiger partial charge in [-0.2, -0.15) is 10.2 Å². The summed E-state index contributed by atoms with van der Waals surface area (Å²) in [5.41, 5.74) is 4.17. The van der Waals surface area contributed by atoms with Crippen molar-refractivity contribution < 1.29 is 143 Å². The molecule has 2 aromatic heterocycles. The van der Waals surface area contributed by atoms with Gasteiger partial charge in [-0.3, -0.25) is 34.4 Å². The van der Waals surface area contributed by atoms with Gasteiger partial charge in [-0.1, -0.05) is 0 Å². The van der Waals surface area contributed by atoms with Crippen LogP contribution < -0.4 is 128 Å². The van der Waals surface area contributed by atoms with Crippen LogP contribution >= 0.6 is 0 Å². The Morgan fingerprint density at radius 2 is 1.18 bits per heavy atom. The van der Waals surface area contributed by atoms with Gasteiger partial charge in [0.2, 0.25) is 0 Å². The van der Waals surface area contributed by atoms with E-state index in [0.717, 1.165) is 60.3 Å². The van der Waals surface area contributed by atoms with Crippen LogP contribution in [0, 0.1) is 36.9 Å². The number of nitrogens with one attached hydrogen (secondary N) is 1. The normalized spacial score (nSPS) is 17.1. The SMILES string of the molecule is CN1CC2(CCNCC2)C1.COc1cc(F)c(-c2cnn(C)c2)cc1[N+](=O)[O-].COc1cc(N2CCC3(CC2)CN(C)C3)c(-c2cnn(C)c2)cc1[N+](=O)[O-].O=CO[O-].[H-].[K+].[K+]. The summed E-state index contributed by atoms with van der Waals surface area (Å²) in [4.78, 5) is 39.7. The molecule has 0 amide bonds. The zero-order valence-corrected chi connectivity index (χ0v) is 42.5. The van der Waals surface area contributed by atoms with Gasteiger partial charge in [0.05, 0.1) is 36.5 Å². The molecule has 4 aliphatic rings. The Morgan fingerprint density at radius 1 is 0.754 bits per heavy atom. The Labute approximate surface area is 440 Å². The molecule has 0 radical (unpaired) electrons. The van der Waals surface area contributed by atoms with E-state index in [4.69, 9.17) is 19.5 Å². The molecular formula is C39H53FK2N10O9. The Balaban J connectivity index is 0.000000326. The number of nitrogens with zero attached hydrogens (tertiary/aromatic N) is 9. The third-order valence-corrected chi connectivity index (χ3v) is 11.3. The zero-order valence-electron chi connectivity index (χ0n) is 37.3. The molecule has 0 aliphatic carbocycles. The average molecular weight is 903 g/mol. The maximum atomic E-state index is 13.8. The number of nitro benzene ring substituents is 2. The van der Waals surface area contributed by atoms with Crippen LogP contribution in [0.2, 0.25) is 0 Å². The fourth-order valence-corrected chi connectivity index (χ4v) is 8.56. The molecule has 0 atom stereocenters. The second-order valence-corrected chi connectivity index (χ2v) is 15.6. The summed E-state index contributed by atoms with van der Waals surface area (Å²) in [5, 5.41) is 42.3. The van der Waals surface area contributed by atoms with Crippen LogP contribution in [-0.4, -0.2) is 126 Å². The first-order valence-electron chi connectivity index (χ1n) is 19.1. The number of nitro groups is 2. The quantitative estimate of drug-likeness (QED) is 0.0639. The first-order valence-corrected chi connectivity index (χ1v) is 19.1. The van der Waals surface area contributed by atoms with E-state index in [0.29, 0.717) is 16.7 Å². The molecule has 2 aromatic carbocycles. The molecule has 4 aliphatic heterocycles. The van der Waals surface area contributed by atoms with Gasteiger partial charge in [0, 0.05) is 118 Å². The molecule has 61 heavy (non-hydrogen) atoms. The number of hydrogen-bond donors (Lipinski definition) is 1. The van der Waals surface area contributed by atoms with Gasteiger partial charge in [-0.25, -0.2) is 4.39 Å². The number of aromatic nitrogens is 4. The van der Waals surface area contributed by atoms with Crippen molar-refractivity contribution in [2.24, 2.45) is 24.9 Å². The van der Waals surface area contributed by atoms with Crippen molar-refractivity contribution in [3.05, 3.63) is 75.1 Å². The van der Waals surface area contributed by atoms with Crippen LogP contribution in [0.15, 0.2) is 49.1 Å². The predicted molar refractivity (Wildman–Crippen MR) is 215 cm³/mol. The number of hydrogen-bond acceptors (Lipinski definition) is 15. The van der Waals surface area contributed by atoms with Crippen LogP contribution in [0.4, 0.5) is 21.5 Å². The van der Waals surface area contributed by atoms with E-state index in [1.54, 1.807) is 30.2 Å². The van der Waals surface area contributed by atoms with Crippen LogP contribution in [0.1, 0.15) is 27.1 Å². The number of piperidine rings is 2. The first kappa shape index (κ1) is 52.9. The molecule has 22 heteroatoms. The van der Waals surface area contributed by atoms with Gasteiger partial charge < -0.3 is 41.1 Å². The van der Waals surface area contributed by atoms with E-state index in [2.05, 4.69) is 49.2 Å². The summed E-state index contributed by atoms with van der Waals surface area (Å²) in [5.74, 6) is -0.401. The fraction of sp³-hybridized carbons (Fsp3) is 0.513. The smallest absolute Gasteiger partial charge is 1.00 e. The van der Waals surface area contributed by atoms with E-state index in [-0.39, 0.29) is 133 Å². The molecule has 6 heterocycles. The first-order chi connectivity index (χ1) is 28.2. The molecule has 4 saturated heterocycles. The number of ether oxygens (including phenoxy) is 2. The Kier molecular flexibility index (Phi) is 20.8. The van der Waals surface area contributed by atoms with Gasteiger partial charge in [0.1, 0.15) is 5.82 Å². The van der Waals surface area contributed by atoms with Crippen LogP contribution in [-0.2, 0) is 23.8 Å². The summed E-state index contributed by atoms with van der Waals surface area (Å²) >= 11 is 0. The molecule has 2 spiro atoms. The second-order valence-electron chi connectivity index (χ2n) is 15.6. The Hall–Kier alpha value is -2.43. The molecule has 322 valence electrons. The van der Waals surface area contributed by atoms with Crippen LogP contribution in [0.25, 0.3) is 22.3 Å². The summed E-state index contributed by atoms with van der Waals surface area (Å²) in [6.45, 7) is 9.22. The Bertz CT molecular complexity index is 2080. The minimum atomic E-state index is -0.613. The van der Waals surface area contributed by atoms with Crippen molar-refractivity contribution >= 4 is 23.5 Å². The fourth-order valence-electron chi connectivity index (χ4n) is 8.56. The van der Waals surface area contributed by atoms with Crippen molar-refractivity contribution in [1.29, 1.82) is 0 Å². The van der Waals surface area contributed by atoms with Crippen molar-refractivity contribution in [1.82, 2.24) is 34.7 Å². The number of halogens is 1. The van der Waals surface area contributed by atoms with Crippen LogP contribution in [0.5, 0.6) is 11.5 Å². The van der Waals surface area contributed by atoms with Gasteiger partial charge in [-0.05, 0) is 63.7 Å². The van der Waals surface area contributed by atoms with E-state index in [1.807, 2.05) is 19.3 Å². The maximum absolute atomic E-state index is 13.8. The van der Waals surface area contributed by atoms with Crippen molar-refractivity contribution in [2.45, 2.75) is 25.7 Å². The molecule has 0 saturated carbocycles. The van der Waals surface area contributed by atoms with Gasteiger partial charge >= 0.3 is 114 Å². The van der Waals surface area contributed by atoms with Gasteiger partial charge in [0.15, 0.2) is 11.5 Å². The molecule has 1 N–H and O–H groups in total. The molecule has 4 fully saturated rings. The Morgan fingerprint density at radius 3 is 1.57 bits per heavy atom. The predicted octanol–water partition coefficient (Wildman–Crippen LogP) is -2.46. The summed E-state index contributed by atoms with van der Waals surface area (Å²) < 4.78 is 27.1. The minimum Gasteiger partial charge on any atom is -1.00 e. The number of aryl methyl sites for hydroxylation is 2. The van der Waals surface area contributed by atoms with Crippen molar-refractivity contribution in [2.75, 3.05) is 85.6 Å². The molecular weight excluding hydrogens is 850 g/mol. The third-order valence-electron chi connectivity index (χ3n) is 11.3. The molecule has 8 rings (SSSR count). The second kappa shape index (κ2) is 24.0. The number of methoxy groups -OCH3 is 2. The number of rotatable bonds is 8. The molecule has 0 unspecified atom stereocenters. The number of likely N-dealkylation sites (tertiary alicyclic amines) is 2. The summed E-state index contributed by atoms with van der Waals surface area (Å²) in [7, 11) is 10.6. The zero-order chi connectivity index (χ0) is 42.9. The number of anilines is 1. The van der Waals surface area contributed by atoms with E-state index in [1.165, 1.54) is 77.2 Å². The average Bonchev–Trinajstić information content (AvgIpc) is 3.85. The molecule has 0 bridgehead atoms. The topological polar surface area (TPSA) is 211 Å². The number of benzene rings is 2. The molecule has 19 nitrogen and oxygen atoms in total. The largest absolute Gasteiger partial charge is 1.00 e. The van der Waals surface area contributed by atoms with Crippen LogP contribution in [0.3, 0.4) is 0 Å². The maximum Gasteiger partial charge on any atom is 1.00 e. The van der Waals surface area contributed by atoms with Crippen molar-refractivity contribution in [3.8, 4) is 33.8 Å². The van der Waals surface area contributed by atoms with E-state index in [9.17, 15) is 24.6 Å². The summed E-state index contributed by atoms with van der Waals surface area (Å²) in [6.07, 6.45) is 11.7. The minimum absolute atomic E-state index is 0.